The minimum absolute atomic E-state index is 0.104. The lowest BCUT2D eigenvalue weighted by molar-refractivity contribution is -0.144. The van der Waals surface area contributed by atoms with Crippen LogP contribution in [0.5, 0.6) is 0 Å². The molecule has 1 amide bonds. The number of unbranched alkanes of at least 4 members (excludes halogenated alkanes) is 6. The Morgan fingerprint density at radius 1 is 0.955 bits per heavy atom. The van der Waals surface area contributed by atoms with E-state index in [0.29, 0.717) is 19.7 Å². The van der Waals surface area contributed by atoms with Crippen LogP contribution in [0.4, 0.5) is 0 Å². The summed E-state index contributed by atoms with van der Waals surface area (Å²) in [5.74, 6) is -0.320. The number of carbonyl (C=O) groups excluding carboxylic acids is 2. The van der Waals surface area contributed by atoms with Gasteiger partial charge in [0.15, 0.2) is 0 Å². The zero-order chi connectivity index (χ0) is 16.6. The average molecular weight is 311 g/mol. The fourth-order valence-corrected chi connectivity index (χ4v) is 2.20. The molecule has 0 aromatic rings. The van der Waals surface area contributed by atoms with Gasteiger partial charge in [0.2, 0.25) is 5.91 Å². The van der Waals surface area contributed by atoms with Gasteiger partial charge in [-0.15, -0.1) is 0 Å². The zero-order valence-electron chi connectivity index (χ0n) is 14.4. The van der Waals surface area contributed by atoms with Crippen LogP contribution in [0, 0.1) is 0 Å². The van der Waals surface area contributed by atoms with Crippen molar-refractivity contribution in [2.45, 2.75) is 71.6 Å². The molecule has 0 heterocycles. The van der Waals surface area contributed by atoms with E-state index in [2.05, 4.69) is 20.4 Å². The van der Waals surface area contributed by atoms with Gasteiger partial charge in [-0.1, -0.05) is 59.0 Å². The molecule has 0 radical (unpaired) electrons. The van der Waals surface area contributed by atoms with Crippen molar-refractivity contribution in [3.8, 4) is 0 Å². The summed E-state index contributed by atoms with van der Waals surface area (Å²) in [4.78, 5) is 25.2. The number of ether oxygens (including phenoxy) is 1. The number of hydrogen-bond donors (Lipinski definition) is 0. The molecule has 4 heteroatoms. The van der Waals surface area contributed by atoms with Crippen molar-refractivity contribution >= 4 is 11.9 Å². The highest BCUT2D eigenvalue weighted by atomic mass is 16.5. The third-order valence-electron chi connectivity index (χ3n) is 3.61. The predicted octanol–water partition coefficient (Wildman–Crippen LogP) is 4.09. The molecule has 128 valence electrons. The third-order valence-corrected chi connectivity index (χ3v) is 3.61. The molecule has 0 atom stereocenters. The van der Waals surface area contributed by atoms with E-state index in [1.807, 2.05) is 0 Å². The third kappa shape index (κ3) is 11.4. The quantitative estimate of drug-likeness (QED) is 0.276. The number of hydrogen-bond acceptors (Lipinski definition) is 3. The number of esters is 1. The summed E-state index contributed by atoms with van der Waals surface area (Å²) in [5, 5.41) is 0. The number of amides is 1. The van der Waals surface area contributed by atoms with Gasteiger partial charge in [-0.3, -0.25) is 9.59 Å². The van der Waals surface area contributed by atoms with Crippen LogP contribution in [0.2, 0.25) is 0 Å². The summed E-state index contributed by atoms with van der Waals surface area (Å²) in [5.41, 5.74) is 0. The smallest absolute Gasteiger partial charge is 0.307 e. The first kappa shape index (κ1) is 20.7. The SMILES string of the molecule is C=CC(=O)N(CCCCCC)CCC(=O)OCCCCCC. The Bertz CT molecular complexity index is 315. The van der Waals surface area contributed by atoms with Gasteiger partial charge < -0.3 is 9.64 Å². The summed E-state index contributed by atoms with van der Waals surface area (Å²) >= 11 is 0. The van der Waals surface area contributed by atoms with Gasteiger partial charge in [-0.05, 0) is 18.9 Å². The van der Waals surface area contributed by atoms with Crippen molar-refractivity contribution < 1.29 is 14.3 Å². The second kappa shape index (κ2) is 14.6. The van der Waals surface area contributed by atoms with Gasteiger partial charge in [0.1, 0.15) is 0 Å². The van der Waals surface area contributed by atoms with Crippen LogP contribution in [-0.4, -0.2) is 36.5 Å². The van der Waals surface area contributed by atoms with Crippen LogP contribution < -0.4 is 0 Å². The van der Waals surface area contributed by atoms with E-state index in [-0.39, 0.29) is 18.3 Å². The molecule has 0 bridgehead atoms. The van der Waals surface area contributed by atoms with Gasteiger partial charge in [0, 0.05) is 13.1 Å². The fourth-order valence-electron chi connectivity index (χ4n) is 2.20. The Balaban J connectivity index is 3.92. The van der Waals surface area contributed by atoms with Crippen LogP contribution in [0.15, 0.2) is 12.7 Å². The molecule has 0 aromatic carbocycles. The first-order valence-corrected chi connectivity index (χ1v) is 8.72. The molecule has 4 nitrogen and oxygen atoms in total. The molecular formula is C18H33NO3. The minimum atomic E-state index is -0.216. The Morgan fingerprint density at radius 3 is 2.18 bits per heavy atom. The minimum Gasteiger partial charge on any atom is -0.466 e. The lowest BCUT2D eigenvalue weighted by Crippen LogP contribution is -2.32. The van der Waals surface area contributed by atoms with Gasteiger partial charge in [0.05, 0.1) is 13.0 Å². The second-order valence-electron chi connectivity index (χ2n) is 5.62. The van der Waals surface area contributed by atoms with Crippen LogP contribution in [0.25, 0.3) is 0 Å². The molecular weight excluding hydrogens is 278 g/mol. The number of nitrogens with zero attached hydrogens (tertiary/aromatic N) is 1. The maximum absolute atomic E-state index is 11.8. The van der Waals surface area contributed by atoms with E-state index in [0.717, 1.165) is 25.7 Å². The topological polar surface area (TPSA) is 46.6 Å². The van der Waals surface area contributed by atoms with E-state index in [1.54, 1.807) is 4.90 Å². The van der Waals surface area contributed by atoms with Gasteiger partial charge in [-0.2, -0.15) is 0 Å². The van der Waals surface area contributed by atoms with E-state index >= 15 is 0 Å². The van der Waals surface area contributed by atoms with Crippen LogP contribution in [0.3, 0.4) is 0 Å². The predicted molar refractivity (Wildman–Crippen MR) is 90.6 cm³/mol. The van der Waals surface area contributed by atoms with Crippen molar-refractivity contribution in [2.24, 2.45) is 0 Å². The van der Waals surface area contributed by atoms with Gasteiger partial charge in [0.25, 0.3) is 0 Å². The molecule has 0 unspecified atom stereocenters. The Kier molecular flexibility index (Phi) is 13.7. The monoisotopic (exact) mass is 311 g/mol. The largest absolute Gasteiger partial charge is 0.466 e. The highest BCUT2D eigenvalue weighted by Crippen LogP contribution is 2.04. The Labute approximate surface area is 135 Å². The van der Waals surface area contributed by atoms with Crippen molar-refractivity contribution in [2.75, 3.05) is 19.7 Å². The molecule has 0 rings (SSSR count). The van der Waals surface area contributed by atoms with Gasteiger partial charge >= 0.3 is 5.97 Å². The van der Waals surface area contributed by atoms with Crippen LogP contribution in [0.1, 0.15) is 71.6 Å². The molecule has 0 spiro atoms. The van der Waals surface area contributed by atoms with Crippen molar-refractivity contribution in [1.29, 1.82) is 0 Å². The Morgan fingerprint density at radius 2 is 1.59 bits per heavy atom. The summed E-state index contributed by atoms with van der Waals surface area (Å²) in [7, 11) is 0. The van der Waals surface area contributed by atoms with E-state index < -0.39 is 0 Å². The molecule has 0 aromatic heterocycles. The first-order chi connectivity index (χ1) is 10.7. The lowest BCUT2D eigenvalue weighted by Gasteiger charge is -2.20. The molecule has 0 aliphatic carbocycles. The maximum Gasteiger partial charge on any atom is 0.307 e. The molecule has 0 saturated carbocycles. The number of rotatable bonds is 14. The van der Waals surface area contributed by atoms with Crippen molar-refractivity contribution in [3.63, 3.8) is 0 Å². The summed E-state index contributed by atoms with van der Waals surface area (Å²) < 4.78 is 5.19. The van der Waals surface area contributed by atoms with Crippen molar-refractivity contribution in [3.05, 3.63) is 12.7 Å². The summed E-state index contributed by atoms with van der Waals surface area (Å²) in [6.07, 6.45) is 10.4. The molecule has 0 saturated heterocycles. The molecule has 0 aliphatic heterocycles. The van der Waals surface area contributed by atoms with E-state index in [4.69, 9.17) is 4.74 Å². The lowest BCUT2D eigenvalue weighted by atomic mass is 10.2. The van der Waals surface area contributed by atoms with Gasteiger partial charge in [-0.25, -0.2) is 0 Å². The summed E-state index contributed by atoms with van der Waals surface area (Å²) in [6, 6.07) is 0. The van der Waals surface area contributed by atoms with E-state index in [9.17, 15) is 9.59 Å². The standard InChI is InChI=1S/C18H33NO3/c1-4-7-9-11-14-19(17(20)6-3)15-13-18(21)22-16-12-10-8-5-2/h6H,3-5,7-16H2,1-2H3. The highest BCUT2D eigenvalue weighted by Gasteiger charge is 2.12. The average Bonchev–Trinajstić information content (AvgIpc) is 2.53. The summed E-state index contributed by atoms with van der Waals surface area (Å²) in [6.45, 7) is 9.43. The number of carbonyl (C=O) groups is 2. The molecule has 0 N–H and O–H groups in total. The first-order valence-electron chi connectivity index (χ1n) is 8.72. The van der Waals surface area contributed by atoms with Crippen LogP contribution in [-0.2, 0) is 14.3 Å². The maximum atomic E-state index is 11.8. The highest BCUT2D eigenvalue weighted by molar-refractivity contribution is 5.87. The zero-order valence-corrected chi connectivity index (χ0v) is 14.4. The fraction of sp³-hybridized carbons (Fsp3) is 0.778. The van der Waals surface area contributed by atoms with Crippen molar-refractivity contribution in [1.82, 2.24) is 4.90 Å². The molecule has 0 fully saturated rings. The van der Waals surface area contributed by atoms with Crippen LogP contribution >= 0.6 is 0 Å². The van der Waals surface area contributed by atoms with E-state index in [1.165, 1.54) is 31.8 Å². The second-order valence-corrected chi connectivity index (χ2v) is 5.62. The normalized spacial score (nSPS) is 10.3. The molecule has 0 aliphatic rings. The molecule has 22 heavy (non-hydrogen) atoms. The Hall–Kier alpha value is -1.32.